The Morgan fingerprint density at radius 1 is 1.42 bits per heavy atom. The van der Waals surface area contributed by atoms with Crippen molar-refractivity contribution in [3.63, 3.8) is 0 Å². The average Bonchev–Trinajstić information content (AvgIpc) is 2.33. The molecule has 0 unspecified atom stereocenters. The maximum absolute atomic E-state index is 13.3. The number of halogens is 2. The summed E-state index contributed by atoms with van der Waals surface area (Å²) in [5, 5.41) is 7.53. The third-order valence-electron chi connectivity index (χ3n) is 2.50. The molecule has 0 fully saturated rings. The van der Waals surface area contributed by atoms with Gasteiger partial charge in [-0.3, -0.25) is 5.41 Å². The lowest BCUT2D eigenvalue weighted by Gasteiger charge is -2.11. The number of benzene rings is 1. The van der Waals surface area contributed by atoms with E-state index in [9.17, 15) is 4.39 Å². The van der Waals surface area contributed by atoms with E-state index < -0.39 is 5.82 Å². The van der Waals surface area contributed by atoms with Crippen LogP contribution in [0.15, 0.2) is 30.5 Å². The number of nitrogens with zero attached hydrogens (tertiary/aromatic N) is 1. The lowest BCUT2D eigenvalue weighted by molar-refractivity contribution is 0.456. The fourth-order valence-corrected chi connectivity index (χ4v) is 1.71. The number of hydrogen-bond donors (Lipinski definition) is 2. The molecule has 0 aliphatic carbocycles. The zero-order chi connectivity index (χ0) is 14.0. The molecule has 0 amide bonds. The molecular formula is C13H11ClFN3O. The maximum atomic E-state index is 13.3. The Balaban J connectivity index is 2.40. The Kier molecular flexibility index (Phi) is 3.66. The summed E-state index contributed by atoms with van der Waals surface area (Å²) in [4.78, 5) is 4.01. The molecule has 2 aromatic rings. The molecule has 2 rings (SSSR count). The Morgan fingerprint density at radius 3 is 2.79 bits per heavy atom. The number of aryl methyl sites for hydroxylation is 1. The molecule has 0 saturated heterocycles. The molecule has 1 aromatic heterocycles. The number of hydrogen-bond acceptors (Lipinski definition) is 3. The van der Waals surface area contributed by atoms with Gasteiger partial charge in [0.25, 0.3) is 0 Å². The fraction of sp³-hybridized carbons (Fsp3) is 0.0769. The summed E-state index contributed by atoms with van der Waals surface area (Å²) in [7, 11) is 0. The number of ether oxygens (including phenoxy) is 1. The van der Waals surface area contributed by atoms with Crippen molar-refractivity contribution in [2.75, 3.05) is 0 Å². The van der Waals surface area contributed by atoms with Gasteiger partial charge in [0.15, 0.2) is 0 Å². The number of nitrogens with two attached hydrogens (primary N) is 1. The molecule has 6 heteroatoms. The Morgan fingerprint density at radius 2 is 2.16 bits per heavy atom. The first-order valence-corrected chi connectivity index (χ1v) is 5.79. The van der Waals surface area contributed by atoms with Crippen LogP contribution in [0.4, 0.5) is 4.39 Å². The molecule has 1 aromatic carbocycles. The van der Waals surface area contributed by atoms with Crippen molar-refractivity contribution in [1.82, 2.24) is 4.98 Å². The predicted octanol–water partition coefficient (Wildman–Crippen LogP) is 3.26. The summed E-state index contributed by atoms with van der Waals surface area (Å²) in [5.74, 6) is -0.344. The van der Waals surface area contributed by atoms with Crippen LogP contribution < -0.4 is 10.5 Å². The van der Waals surface area contributed by atoms with Gasteiger partial charge in [0, 0.05) is 12.3 Å². The quantitative estimate of drug-likeness (QED) is 0.669. The van der Waals surface area contributed by atoms with Gasteiger partial charge in [-0.1, -0.05) is 11.6 Å². The van der Waals surface area contributed by atoms with Gasteiger partial charge in [-0.25, -0.2) is 9.37 Å². The van der Waals surface area contributed by atoms with Gasteiger partial charge in [-0.2, -0.15) is 0 Å². The molecule has 0 aliphatic rings. The molecule has 0 bridgehead atoms. The summed E-state index contributed by atoms with van der Waals surface area (Å²) in [6, 6.07) is 5.76. The van der Waals surface area contributed by atoms with Gasteiger partial charge in [-0.15, -0.1) is 0 Å². The van der Waals surface area contributed by atoms with Crippen LogP contribution in [0, 0.1) is 18.2 Å². The van der Waals surface area contributed by atoms with Gasteiger partial charge in [0.05, 0.1) is 10.6 Å². The second-order valence-corrected chi connectivity index (χ2v) is 4.31. The van der Waals surface area contributed by atoms with Crippen molar-refractivity contribution in [3.8, 4) is 11.6 Å². The lowest BCUT2D eigenvalue weighted by atomic mass is 10.1. The number of pyridine rings is 1. The first-order chi connectivity index (χ1) is 8.99. The largest absolute Gasteiger partial charge is 0.438 e. The van der Waals surface area contributed by atoms with Crippen molar-refractivity contribution >= 4 is 17.4 Å². The smallest absolute Gasteiger partial charge is 0.230 e. The molecule has 3 N–H and O–H groups in total. The zero-order valence-corrected chi connectivity index (χ0v) is 10.8. The van der Waals surface area contributed by atoms with Crippen LogP contribution in [0.2, 0.25) is 5.02 Å². The van der Waals surface area contributed by atoms with Crippen LogP contribution in [0.1, 0.15) is 11.1 Å². The van der Waals surface area contributed by atoms with E-state index in [-0.39, 0.29) is 22.5 Å². The fourth-order valence-electron chi connectivity index (χ4n) is 1.59. The highest BCUT2D eigenvalue weighted by Gasteiger charge is 2.13. The number of amidine groups is 1. The van der Waals surface area contributed by atoms with Crippen LogP contribution in [0.25, 0.3) is 0 Å². The zero-order valence-electron chi connectivity index (χ0n) is 10.1. The van der Waals surface area contributed by atoms with Crippen LogP contribution in [-0.2, 0) is 0 Å². The molecule has 0 aliphatic heterocycles. The molecule has 0 atom stereocenters. The SMILES string of the molecule is Cc1ccnc(Oc2ccc(Cl)c(F)c2)c1C(=N)N. The van der Waals surface area contributed by atoms with E-state index in [2.05, 4.69) is 4.98 Å². The normalized spacial score (nSPS) is 10.3. The van der Waals surface area contributed by atoms with Crippen molar-refractivity contribution in [3.05, 3.63) is 52.4 Å². The van der Waals surface area contributed by atoms with Crippen molar-refractivity contribution in [1.29, 1.82) is 5.41 Å². The summed E-state index contributed by atoms with van der Waals surface area (Å²) in [5.41, 5.74) is 6.63. The minimum absolute atomic E-state index is 0.0105. The van der Waals surface area contributed by atoms with Crippen LogP contribution >= 0.6 is 11.6 Å². The highest BCUT2D eigenvalue weighted by atomic mass is 35.5. The standard InChI is InChI=1S/C13H11ClFN3O/c1-7-4-5-18-13(11(7)12(16)17)19-8-2-3-9(14)10(15)6-8/h2-6H,1H3,(H3,16,17). The Labute approximate surface area is 114 Å². The Hall–Kier alpha value is -2.14. The second kappa shape index (κ2) is 5.24. The highest BCUT2D eigenvalue weighted by molar-refractivity contribution is 6.30. The van der Waals surface area contributed by atoms with E-state index >= 15 is 0 Å². The number of nitrogens with one attached hydrogen (secondary N) is 1. The van der Waals surface area contributed by atoms with Crippen molar-refractivity contribution < 1.29 is 9.13 Å². The minimum atomic E-state index is -0.587. The Bertz CT molecular complexity index is 646. The summed E-state index contributed by atoms with van der Waals surface area (Å²) in [6.07, 6.45) is 1.53. The highest BCUT2D eigenvalue weighted by Crippen LogP contribution is 2.27. The van der Waals surface area contributed by atoms with Crippen LogP contribution in [-0.4, -0.2) is 10.8 Å². The van der Waals surface area contributed by atoms with E-state index in [1.807, 2.05) is 0 Å². The molecule has 4 nitrogen and oxygen atoms in total. The molecule has 98 valence electrons. The number of aromatic nitrogens is 1. The molecule has 0 radical (unpaired) electrons. The maximum Gasteiger partial charge on any atom is 0.230 e. The molecule has 19 heavy (non-hydrogen) atoms. The van der Waals surface area contributed by atoms with Gasteiger partial charge in [-0.05, 0) is 30.7 Å². The van der Waals surface area contributed by atoms with Crippen LogP contribution in [0.3, 0.4) is 0 Å². The van der Waals surface area contributed by atoms with Gasteiger partial charge >= 0.3 is 0 Å². The molecule has 0 spiro atoms. The minimum Gasteiger partial charge on any atom is -0.438 e. The van der Waals surface area contributed by atoms with Gasteiger partial charge in [0.1, 0.15) is 17.4 Å². The van der Waals surface area contributed by atoms with Gasteiger partial charge < -0.3 is 10.5 Å². The summed E-state index contributed by atoms with van der Waals surface area (Å²) >= 11 is 5.59. The summed E-state index contributed by atoms with van der Waals surface area (Å²) in [6.45, 7) is 1.79. The van der Waals surface area contributed by atoms with E-state index in [1.54, 1.807) is 13.0 Å². The molecular weight excluding hydrogens is 269 g/mol. The monoisotopic (exact) mass is 279 g/mol. The first kappa shape index (κ1) is 13.3. The van der Waals surface area contributed by atoms with Crippen molar-refractivity contribution in [2.24, 2.45) is 5.73 Å². The second-order valence-electron chi connectivity index (χ2n) is 3.90. The van der Waals surface area contributed by atoms with E-state index in [1.165, 1.54) is 18.3 Å². The topological polar surface area (TPSA) is 72.0 Å². The number of rotatable bonds is 3. The third kappa shape index (κ3) is 2.82. The van der Waals surface area contributed by atoms with Gasteiger partial charge in [0.2, 0.25) is 5.88 Å². The molecule has 1 heterocycles. The van der Waals surface area contributed by atoms with E-state index in [0.29, 0.717) is 5.56 Å². The third-order valence-corrected chi connectivity index (χ3v) is 2.81. The van der Waals surface area contributed by atoms with Crippen LogP contribution in [0.5, 0.6) is 11.6 Å². The van der Waals surface area contributed by atoms with E-state index in [4.69, 9.17) is 27.5 Å². The first-order valence-electron chi connectivity index (χ1n) is 5.42. The summed E-state index contributed by atoms with van der Waals surface area (Å²) < 4.78 is 18.8. The lowest BCUT2D eigenvalue weighted by Crippen LogP contribution is -2.14. The van der Waals surface area contributed by atoms with E-state index in [0.717, 1.165) is 11.6 Å². The average molecular weight is 280 g/mol. The predicted molar refractivity (Wildman–Crippen MR) is 71.5 cm³/mol. The number of nitrogen functional groups attached to an aromatic ring is 1. The molecule has 0 saturated carbocycles. The van der Waals surface area contributed by atoms with Crippen molar-refractivity contribution in [2.45, 2.75) is 6.92 Å².